The van der Waals surface area contributed by atoms with E-state index in [1.165, 1.54) is 6.20 Å². The number of aromatic nitrogens is 1. The Kier molecular flexibility index (Phi) is 2.17. The van der Waals surface area contributed by atoms with Crippen LogP contribution in [0.1, 0.15) is 5.56 Å². The number of hydrogen-bond donors (Lipinski definition) is 2. The minimum Gasteiger partial charge on any atom is -0.358 e. The van der Waals surface area contributed by atoms with E-state index in [0.717, 1.165) is 6.07 Å². The predicted octanol–water partition coefficient (Wildman–Crippen LogP) is 2.56. The Bertz CT molecular complexity index is 493. The Labute approximate surface area is 83.7 Å². The van der Waals surface area contributed by atoms with Crippen LogP contribution in [-0.4, -0.2) is 4.98 Å². The van der Waals surface area contributed by atoms with Crippen molar-refractivity contribution in [2.24, 2.45) is 5.73 Å². The smallest absolute Gasteiger partial charge is 0.151 e. The van der Waals surface area contributed by atoms with Crippen molar-refractivity contribution in [2.45, 2.75) is 6.54 Å². The molecule has 0 aliphatic heterocycles. The van der Waals surface area contributed by atoms with Gasteiger partial charge in [-0.3, -0.25) is 0 Å². The normalized spacial score (nSPS) is 11.1. The molecule has 0 saturated heterocycles. The molecule has 0 radical (unpaired) electrons. The van der Waals surface area contributed by atoms with Crippen molar-refractivity contribution < 1.29 is 8.78 Å². The number of H-pyrrole nitrogens is 1. The maximum Gasteiger partial charge on any atom is 0.151 e. The molecule has 0 atom stereocenters. The van der Waals surface area contributed by atoms with Gasteiger partial charge in [-0.25, -0.2) is 8.78 Å². The second kappa shape index (κ2) is 3.22. The molecule has 1 aromatic heterocycles. The summed E-state index contributed by atoms with van der Waals surface area (Å²) in [4.78, 5) is 2.62. The van der Waals surface area contributed by atoms with E-state index in [1.807, 2.05) is 0 Å². The lowest BCUT2D eigenvalue weighted by atomic mass is 10.1. The minimum absolute atomic E-state index is 0.104. The molecule has 2 nitrogen and oxygen atoms in total. The third kappa shape index (κ3) is 1.19. The maximum atomic E-state index is 13.5. The Morgan fingerprint density at radius 3 is 2.79 bits per heavy atom. The lowest BCUT2D eigenvalue weighted by molar-refractivity contribution is 0.616. The van der Waals surface area contributed by atoms with Gasteiger partial charge in [0.15, 0.2) is 5.82 Å². The fraction of sp³-hybridized carbons (Fsp3) is 0.111. The first-order valence-electron chi connectivity index (χ1n) is 3.98. The number of nitrogens with two attached hydrogens (primary N) is 1. The summed E-state index contributed by atoms with van der Waals surface area (Å²) in [6.07, 6.45) is 1.48. The Morgan fingerprint density at radius 1 is 1.43 bits per heavy atom. The summed E-state index contributed by atoms with van der Waals surface area (Å²) < 4.78 is 26.7. The van der Waals surface area contributed by atoms with Gasteiger partial charge in [-0.2, -0.15) is 0 Å². The molecule has 0 bridgehead atoms. The van der Waals surface area contributed by atoms with Crippen molar-refractivity contribution in [3.05, 3.63) is 34.5 Å². The SMILES string of the molecule is NCc1c[nH]c2c(F)cc(Cl)c(F)c12. The van der Waals surface area contributed by atoms with Crippen molar-refractivity contribution in [1.82, 2.24) is 4.98 Å². The van der Waals surface area contributed by atoms with Crippen LogP contribution in [0.4, 0.5) is 8.78 Å². The zero-order chi connectivity index (χ0) is 10.3. The van der Waals surface area contributed by atoms with Crippen molar-refractivity contribution in [2.75, 3.05) is 0 Å². The average molecular weight is 217 g/mol. The molecule has 14 heavy (non-hydrogen) atoms. The van der Waals surface area contributed by atoms with Gasteiger partial charge in [0.25, 0.3) is 0 Å². The van der Waals surface area contributed by atoms with Crippen LogP contribution < -0.4 is 5.73 Å². The first-order chi connectivity index (χ1) is 6.65. The van der Waals surface area contributed by atoms with Crippen LogP contribution in [0.15, 0.2) is 12.3 Å². The highest BCUT2D eigenvalue weighted by Crippen LogP contribution is 2.29. The molecule has 1 heterocycles. The second-order valence-corrected chi connectivity index (χ2v) is 3.33. The van der Waals surface area contributed by atoms with Gasteiger partial charge in [0.1, 0.15) is 5.82 Å². The third-order valence-corrected chi connectivity index (χ3v) is 2.38. The van der Waals surface area contributed by atoms with Crippen molar-refractivity contribution in [3.63, 3.8) is 0 Å². The van der Waals surface area contributed by atoms with Crippen LogP contribution in [0.5, 0.6) is 0 Å². The maximum absolute atomic E-state index is 13.5. The van der Waals surface area contributed by atoms with Gasteiger partial charge in [0.05, 0.1) is 10.5 Å². The Balaban J connectivity index is 2.92. The number of aromatic amines is 1. The molecule has 0 aliphatic carbocycles. The van der Waals surface area contributed by atoms with Crippen LogP contribution in [-0.2, 0) is 6.54 Å². The summed E-state index contributed by atoms with van der Waals surface area (Å²) in [6, 6.07) is 0.940. The van der Waals surface area contributed by atoms with Gasteiger partial charge in [-0.05, 0) is 11.6 Å². The monoisotopic (exact) mass is 216 g/mol. The first-order valence-corrected chi connectivity index (χ1v) is 4.36. The molecule has 0 amide bonds. The number of hydrogen-bond acceptors (Lipinski definition) is 1. The number of fused-ring (bicyclic) bond motifs is 1. The summed E-state index contributed by atoms with van der Waals surface area (Å²) in [5.41, 5.74) is 5.99. The second-order valence-electron chi connectivity index (χ2n) is 2.92. The van der Waals surface area contributed by atoms with Crippen LogP contribution in [0, 0.1) is 11.6 Å². The molecule has 0 spiro atoms. The summed E-state index contributed by atoms with van der Waals surface area (Å²) in [5.74, 6) is -1.21. The van der Waals surface area contributed by atoms with Crippen LogP contribution in [0.2, 0.25) is 5.02 Å². The molecule has 0 saturated carbocycles. The molecule has 0 fully saturated rings. The lowest BCUT2D eigenvalue weighted by Gasteiger charge is -2.00. The number of nitrogens with one attached hydrogen (secondary N) is 1. The van der Waals surface area contributed by atoms with E-state index < -0.39 is 11.6 Å². The first kappa shape index (κ1) is 9.43. The van der Waals surface area contributed by atoms with E-state index in [9.17, 15) is 8.78 Å². The van der Waals surface area contributed by atoms with Gasteiger partial charge in [-0.15, -0.1) is 0 Å². The van der Waals surface area contributed by atoms with E-state index >= 15 is 0 Å². The fourth-order valence-electron chi connectivity index (χ4n) is 1.43. The zero-order valence-electron chi connectivity index (χ0n) is 7.07. The Hall–Kier alpha value is -1.13. The standard InChI is InChI=1S/C9H7ClF2N2/c10-5-1-6(11)9-7(8(5)12)4(2-13)3-14-9/h1,3,14H,2,13H2. The largest absolute Gasteiger partial charge is 0.358 e. The fourth-order valence-corrected chi connectivity index (χ4v) is 1.62. The molecule has 1 aromatic carbocycles. The molecule has 74 valence electrons. The summed E-state index contributed by atoms with van der Waals surface area (Å²) in [6.45, 7) is 0.136. The highest BCUT2D eigenvalue weighted by atomic mass is 35.5. The summed E-state index contributed by atoms with van der Waals surface area (Å²) >= 11 is 5.51. The minimum atomic E-state index is -0.634. The highest BCUT2D eigenvalue weighted by Gasteiger charge is 2.15. The van der Waals surface area contributed by atoms with Crippen LogP contribution >= 0.6 is 11.6 Å². The van der Waals surface area contributed by atoms with Crippen molar-refractivity contribution in [3.8, 4) is 0 Å². The van der Waals surface area contributed by atoms with Gasteiger partial charge < -0.3 is 10.7 Å². The summed E-state index contributed by atoms with van der Waals surface area (Å²) in [7, 11) is 0. The van der Waals surface area contributed by atoms with E-state index in [0.29, 0.717) is 5.56 Å². The molecule has 2 aromatic rings. The zero-order valence-corrected chi connectivity index (χ0v) is 7.83. The van der Waals surface area contributed by atoms with Gasteiger partial charge in [0.2, 0.25) is 0 Å². The van der Waals surface area contributed by atoms with E-state index in [-0.39, 0.29) is 22.5 Å². The lowest BCUT2D eigenvalue weighted by Crippen LogP contribution is -1.96. The van der Waals surface area contributed by atoms with E-state index in [4.69, 9.17) is 17.3 Å². The molecule has 5 heteroatoms. The molecule has 2 rings (SSSR count). The van der Waals surface area contributed by atoms with E-state index in [2.05, 4.69) is 4.98 Å². The Morgan fingerprint density at radius 2 is 2.14 bits per heavy atom. The third-order valence-electron chi connectivity index (χ3n) is 2.10. The molecule has 3 N–H and O–H groups in total. The number of benzene rings is 1. The average Bonchev–Trinajstić information content (AvgIpc) is 2.58. The van der Waals surface area contributed by atoms with Crippen LogP contribution in [0.3, 0.4) is 0 Å². The molecular formula is C9H7ClF2N2. The van der Waals surface area contributed by atoms with Gasteiger partial charge >= 0.3 is 0 Å². The number of halogens is 3. The predicted molar refractivity (Wildman–Crippen MR) is 51.1 cm³/mol. The van der Waals surface area contributed by atoms with Gasteiger partial charge in [0, 0.05) is 18.1 Å². The van der Waals surface area contributed by atoms with Crippen molar-refractivity contribution >= 4 is 22.5 Å². The molecule has 0 unspecified atom stereocenters. The molecular weight excluding hydrogens is 210 g/mol. The van der Waals surface area contributed by atoms with E-state index in [1.54, 1.807) is 0 Å². The summed E-state index contributed by atoms with van der Waals surface area (Å²) in [5, 5.41) is -0.0956. The van der Waals surface area contributed by atoms with Crippen molar-refractivity contribution in [1.29, 1.82) is 0 Å². The van der Waals surface area contributed by atoms with Gasteiger partial charge in [-0.1, -0.05) is 11.6 Å². The number of rotatable bonds is 1. The topological polar surface area (TPSA) is 41.8 Å². The van der Waals surface area contributed by atoms with Crippen LogP contribution in [0.25, 0.3) is 10.9 Å². The quantitative estimate of drug-likeness (QED) is 0.707. The highest BCUT2D eigenvalue weighted by molar-refractivity contribution is 6.31. The molecule has 0 aliphatic rings.